The molecule has 2 N–H and O–H groups in total. The average molecular weight is 270 g/mol. The third kappa shape index (κ3) is 3.51. The van der Waals surface area contributed by atoms with E-state index in [1.807, 2.05) is 61.5 Å². The number of ether oxygens (including phenoxy) is 1. The van der Waals surface area contributed by atoms with Crippen molar-refractivity contribution >= 4 is 17.3 Å². The summed E-state index contributed by atoms with van der Waals surface area (Å²) in [6.45, 7) is 1.81. The highest BCUT2D eigenvalue weighted by Crippen LogP contribution is 2.23. The van der Waals surface area contributed by atoms with Gasteiger partial charge in [-0.05, 0) is 31.2 Å². The summed E-state index contributed by atoms with van der Waals surface area (Å²) in [6, 6.07) is 16.5. The quantitative estimate of drug-likeness (QED) is 0.877. The summed E-state index contributed by atoms with van der Waals surface area (Å²) in [4.78, 5) is 12.1. The second kappa shape index (κ2) is 6.61. The SMILES string of the molecule is COc1ccccc1N[C@@H](C)C(=O)Nc1ccccc1. The second-order valence-electron chi connectivity index (χ2n) is 4.42. The topological polar surface area (TPSA) is 50.4 Å². The van der Waals surface area contributed by atoms with Crippen LogP contribution in [0.5, 0.6) is 5.75 Å². The number of methoxy groups -OCH3 is 1. The molecule has 1 atom stereocenters. The number of anilines is 2. The Morgan fingerprint density at radius 1 is 1.05 bits per heavy atom. The van der Waals surface area contributed by atoms with E-state index in [0.29, 0.717) is 5.75 Å². The molecule has 2 aromatic rings. The fraction of sp³-hybridized carbons (Fsp3) is 0.188. The number of hydrogen-bond donors (Lipinski definition) is 2. The van der Waals surface area contributed by atoms with Gasteiger partial charge in [0.05, 0.1) is 12.8 Å². The molecule has 0 aromatic heterocycles. The first-order valence-electron chi connectivity index (χ1n) is 6.46. The zero-order valence-electron chi connectivity index (χ0n) is 11.6. The Morgan fingerprint density at radius 2 is 1.70 bits per heavy atom. The fourth-order valence-corrected chi connectivity index (χ4v) is 1.83. The van der Waals surface area contributed by atoms with Crippen LogP contribution in [-0.2, 0) is 4.79 Å². The van der Waals surface area contributed by atoms with Crippen LogP contribution in [-0.4, -0.2) is 19.1 Å². The summed E-state index contributed by atoms with van der Waals surface area (Å²) in [6.07, 6.45) is 0. The van der Waals surface area contributed by atoms with Gasteiger partial charge in [0.1, 0.15) is 11.8 Å². The molecule has 0 fully saturated rings. The van der Waals surface area contributed by atoms with Gasteiger partial charge in [-0.1, -0.05) is 30.3 Å². The molecule has 4 heteroatoms. The lowest BCUT2D eigenvalue weighted by atomic mass is 10.2. The predicted octanol–water partition coefficient (Wildman–Crippen LogP) is 3.13. The summed E-state index contributed by atoms with van der Waals surface area (Å²) in [7, 11) is 1.61. The number of para-hydroxylation sites is 3. The minimum Gasteiger partial charge on any atom is -0.495 e. The molecule has 0 aliphatic heterocycles. The Hall–Kier alpha value is -2.49. The molecule has 0 aliphatic carbocycles. The van der Waals surface area contributed by atoms with Gasteiger partial charge in [-0.25, -0.2) is 0 Å². The van der Waals surface area contributed by atoms with Crippen molar-refractivity contribution < 1.29 is 9.53 Å². The molecular weight excluding hydrogens is 252 g/mol. The third-order valence-electron chi connectivity index (χ3n) is 2.91. The zero-order chi connectivity index (χ0) is 14.4. The van der Waals surface area contributed by atoms with Gasteiger partial charge in [0.15, 0.2) is 0 Å². The second-order valence-corrected chi connectivity index (χ2v) is 4.42. The van der Waals surface area contributed by atoms with Gasteiger partial charge in [0.25, 0.3) is 0 Å². The number of benzene rings is 2. The number of amides is 1. The molecule has 1 amide bonds. The van der Waals surface area contributed by atoms with Crippen molar-refractivity contribution in [2.24, 2.45) is 0 Å². The van der Waals surface area contributed by atoms with E-state index in [2.05, 4.69) is 10.6 Å². The van der Waals surface area contributed by atoms with Crippen molar-refractivity contribution in [3.63, 3.8) is 0 Å². The van der Waals surface area contributed by atoms with E-state index >= 15 is 0 Å². The number of hydrogen-bond acceptors (Lipinski definition) is 3. The molecule has 20 heavy (non-hydrogen) atoms. The minimum absolute atomic E-state index is 0.0953. The van der Waals surface area contributed by atoms with E-state index in [1.165, 1.54) is 0 Å². The number of carbonyl (C=O) groups is 1. The van der Waals surface area contributed by atoms with Crippen molar-refractivity contribution in [3.05, 3.63) is 54.6 Å². The standard InChI is InChI=1S/C16H18N2O2/c1-12(16(19)18-13-8-4-3-5-9-13)17-14-10-6-7-11-15(14)20-2/h3-12,17H,1-2H3,(H,18,19)/t12-/m0/s1. The molecule has 0 heterocycles. The molecule has 104 valence electrons. The first-order valence-corrected chi connectivity index (χ1v) is 6.46. The molecule has 0 saturated carbocycles. The molecule has 2 rings (SSSR count). The van der Waals surface area contributed by atoms with E-state index in [9.17, 15) is 4.79 Å². The first kappa shape index (κ1) is 13.9. The summed E-state index contributed by atoms with van der Waals surface area (Å²) in [5.41, 5.74) is 1.58. The van der Waals surface area contributed by atoms with E-state index in [0.717, 1.165) is 11.4 Å². The maximum atomic E-state index is 12.1. The van der Waals surface area contributed by atoms with Crippen molar-refractivity contribution in [1.82, 2.24) is 0 Å². The van der Waals surface area contributed by atoms with Crippen molar-refractivity contribution in [2.75, 3.05) is 17.7 Å². The number of nitrogens with one attached hydrogen (secondary N) is 2. The summed E-state index contributed by atoms with van der Waals surface area (Å²) in [5, 5.41) is 6.00. The Kier molecular flexibility index (Phi) is 4.60. The Labute approximate surface area is 118 Å². The summed E-state index contributed by atoms with van der Waals surface area (Å²) >= 11 is 0. The van der Waals surface area contributed by atoms with Gasteiger partial charge in [-0.15, -0.1) is 0 Å². The fourth-order valence-electron chi connectivity index (χ4n) is 1.83. The van der Waals surface area contributed by atoms with Crippen LogP contribution in [0.1, 0.15) is 6.92 Å². The molecule has 0 spiro atoms. The van der Waals surface area contributed by atoms with Gasteiger partial charge < -0.3 is 15.4 Å². The highest BCUT2D eigenvalue weighted by molar-refractivity contribution is 5.96. The van der Waals surface area contributed by atoms with Gasteiger partial charge in [-0.3, -0.25) is 4.79 Å². The summed E-state index contributed by atoms with van der Waals surface area (Å²) in [5.74, 6) is 0.619. The number of carbonyl (C=O) groups excluding carboxylic acids is 1. The smallest absolute Gasteiger partial charge is 0.246 e. The lowest BCUT2D eigenvalue weighted by Crippen LogP contribution is -2.31. The highest BCUT2D eigenvalue weighted by atomic mass is 16.5. The monoisotopic (exact) mass is 270 g/mol. The zero-order valence-corrected chi connectivity index (χ0v) is 11.6. The van der Waals surface area contributed by atoms with E-state index < -0.39 is 0 Å². The molecule has 4 nitrogen and oxygen atoms in total. The number of rotatable bonds is 5. The Morgan fingerprint density at radius 3 is 2.40 bits per heavy atom. The summed E-state index contributed by atoms with van der Waals surface area (Å²) < 4.78 is 5.25. The molecular formula is C16H18N2O2. The van der Waals surface area contributed by atoms with Gasteiger partial charge in [-0.2, -0.15) is 0 Å². The molecule has 2 aromatic carbocycles. The predicted molar refractivity (Wildman–Crippen MR) is 81.2 cm³/mol. The van der Waals surface area contributed by atoms with Crippen molar-refractivity contribution in [2.45, 2.75) is 13.0 Å². The maximum Gasteiger partial charge on any atom is 0.246 e. The van der Waals surface area contributed by atoms with E-state index in [-0.39, 0.29) is 11.9 Å². The minimum atomic E-state index is -0.369. The molecule has 0 bridgehead atoms. The maximum absolute atomic E-state index is 12.1. The highest BCUT2D eigenvalue weighted by Gasteiger charge is 2.14. The van der Waals surface area contributed by atoms with Crippen LogP contribution in [0.15, 0.2) is 54.6 Å². The Bertz CT molecular complexity index is 570. The van der Waals surface area contributed by atoms with Crippen LogP contribution >= 0.6 is 0 Å². The normalized spacial score (nSPS) is 11.5. The van der Waals surface area contributed by atoms with Crippen LogP contribution in [0, 0.1) is 0 Å². The van der Waals surface area contributed by atoms with Crippen LogP contribution in [0.25, 0.3) is 0 Å². The van der Waals surface area contributed by atoms with Crippen molar-refractivity contribution in [3.8, 4) is 5.75 Å². The molecule has 0 saturated heterocycles. The van der Waals surface area contributed by atoms with Crippen LogP contribution in [0.2, 0.25) is 0 Å². The van der Waals surface area contributed by atoms with Gasteiger partial charge >= 0.3 is 0 Å². The van der Waals surface area contributed by atoms with E-state index in [4.69, 9.17) is 4.74 Å². The largest absolute Gasteiger partial charge is 0.495 e. The van der Waals surface area contributed by atoms with Crippen LogP contribution in [0.3, 0.4) is 0 Å². The lowest BCUT2D eigenvalue weighted by Gasteiger charge is -2.17. The van der Waals surface area contributed by atoms with E-state index in [1.54, 1.807) is 7.11 Å². The lowest BCUT2D eigenvalue weighted by molar-refractivity contribution is -0.116. The van der Waals surface area contributed by atoms with Crippen LogP contribution < -0.4 is 15.4 Å². The molecule has 0 radical (unpaired) electrons. The first-order chi connectivity index (χ1) is 9.70. The Balaban J connectivity index is 2.01. The molecule has 0 unspecified atom stereocenters. The third-order valence-corrected chi connectivity index (χ3v) is 2.91. The molecule has 0 aliphatic rings. The van der Waals surface area contributed by atoms with Gasteiger partial charge in [0.2, 0.25) is 5.91 Å². The average Bonchev–Trinajstić information content (AvgIpc) is 2.48. The van der Waals surface area contributed by atoms with Crippen LogP contribution in [0.4, 0.5) is 11.4 Å². The van der Waals surface area contributed by atoms with Gasteiger partial charge in [0, 0.05) is 5.69 Å². The van der Waals surface area contributed by atoms with Crippen molar-refractivity contribution in [1.29, 1.82) is 0 Å².